The van der Waals surface area contributed by atoms with E-state index in [1.54, 1.807) is 42.5 Å². The van der Waals surface area contributed by atoms with Gasteiger partial charge in [-0.1, -0.05) is 18.2 Å². The molecule has 9 nitrogen and oxygen atoms in total. The number of rotatable bonds is 5. The summed E-state index contributed by atoms with van der Waals surface area (Å²) in [6, 6.07) is 12.0. The number of nitrogens with zero attached hydrogens (tertiary/aromatic N) is 2. The number of esters is 1. The van der Waals surface area contributed by atoms with Crippen LogP contribution < -0.4 is 10.2 Å². The number of piperidine rings is 1. The number of nitrogens with one attached hydrogen (secondary N) is 1. The van der Waals surface area contributed by atoms with E-state index in [1.165, 1.54) is 16.1 Å². The fourth-order valence-corrected chi connectivity index (χ4v) is 5.88. The Labute approximate surface area is 205 Å². The Bertz CT molecular complexity index is 1270. The maximum atomic E-state index is 13.0. The van der Waals surface area contributed by atoms with Gasteiger partial charge >= 0.3 is 5.97 Å². The zero-order valence-electron chi connectivity index (χ0n) is 20.0. The molecule has 186 valence electrons. The smallest absolute Gasteiger partial charge is 0.309 e. The van der Waals surface area contributed by atoms with Crippen molar-refractivity contribution in [2.75, 3.05) is 29.9 Å². The molecule has 2 aliphatic heterocycles. The fraction of sp³-hybridized carbons (Fsp3) is 0.400. The van der Waals surface area contributed by atoms with Gasteiger partial charge in [0.15, 0.2) is 6.10 Å². The lowest BCUT2D eigenvalue weighted by Gasteiger charge is -2.32. The van der Waals surface area contributed by atoms with Crippen LogP contribution in [0.1, 0.15) is 30.9 Å². The van der Waals surface area contributed by atoms with Gasteiger partial charge in [-0.15, -0.1) is 0 Å². The van der Waals surface area contributed by atoms with E-state index in [4.69, 9.17) is 4.74 Å². The molecule has 2 aromatic rings. The van der Waals surface area contributed by atoms with Crippen LogP contribution in [0.25, 0.3) is 0 Å². The summed E-state index contributed by atoms with van der Waals surface area (Å²) >= 11 is 0. The first-order chi connectivity index (χ1) is 16.6. The molecule has 4 rings (SSSR count). The molecule has 2 heterocycles. The number of aryl methyl sites for hydroxylation is 2. The summed E-state index contributed by atoms with van der Waals surface area (Å²) in [5, 5.41) is 2.72. The number of fused-ring (bicyclic) bond motifs is 1. The highest BCUT2D eigenvalue weighted by molar-refractivity contribution is 7.89. The summed E-state index contributed by atoms with van der Waals surface area (Å²) < 4.78 is 32.9. The molecule has 10 heteroatoms. The number of carbonyl (C=O) groups is 3. The van der Waals surface area contributed by atoms with Gasteiger partial charge in [-0.2, -0.15) is 4.31 Å². The Morgan fingerprint density at radius 1 is 1.06 bits per heavy atom. The molecule has 0 aromatic heterocycles. The van der Waals surface area contributed by atoms with Gasteiger partial charge in [0.25, 0.3) is 5.91 Å². The summed E-state index contributed by atoms with van der Waals surface area (Å²) in [5.41, 5.74) is 2.98. The van der Waals surface area contributed by atoms with Gasteiger partial charge in [0.2, 0.25) is 15.9 Å². The summed E-state index contributed by atoms with van der Waals surface area (Å²) in [6.07, 6.45) is -0.476. The van der Waals surface area contributed by atoms with Crippen LogP contribution in [0.4, 0.5) is 11.4 Å². The average Bonchev–Trinajstić information content (AvgIpc) is 2.84. The zero-order chi connectivity index (χ0) is 25.3. The van der Waals surface area contributed by atoms with E-state index in [0.717, 1.165) is 11.1 Å². The van der Waals surface area contributed by atoms with Crippen molar-refractivity contribution in [3.8, 4) is 0 Å². The molecule has 35 heavy (non-hydrogen) atoms. The van der Waals surface area contributed by atoms with E-state index in [2.05, 4.69) is 5.32 Å². The molecule has 0 aliphatic carbocycles. The number of ether oxygens (including phenoxy) is 1. The molecule has 0 spiro atoms. The molecule has 0 saturated carbocycles. The standard InChI is InChI=1S/C25H29N3O6S/c1-16-8-9-20(14-17(16)2)35(32,33)27-12-10-19(11-13-27)25(31)34-18(3)24(30)28-15-23(29)26-21-6-4-5-7-22(21)28/h4-9,14,18-19H,10-13,15H2,1-3H3,(H,26,29)/t18-/m0/s1. The summed E-state index contributed by atoms with van der Waals surface area (Å²) in [5.74, 6) is -1.86. The lowest BCUT2D eigenvalue weighted by molar-refractivity contribution is -0.159. The van der Waals surface area contributed by atoms with Crippen LogP contribution >= 0.6 is 0 Å². The quantitative estimate of drug-likeness (QED) is 0.633. The molecular weight excluding hydrogens is 470 g/mol. The van der Waals surface area contributed by atoms with Gasteiger partial charge in [-0.25, -0.2) is 8.42 Å². The summed E-state index contributed by atoms with van der Waals surface area (Å²) in [4.78, 5) is 39.3. The van der Waals surface area contributed by atoms with Gasteiger partial charge < -0.3 is 10.1 Å². The highest BCUT2D eigenvalue weighted by Gasteiger charge is 2.36. The predicted molar refractivity (Wildman–Crippen MR) is 130 cm³/mol. The number of carbonyl (C=O) groups excluding carboxylic acids is 3. The third-order valence-electron chi connectivity index (χ3n) is 6.58. The first-order valence-electron chi connectivity index (χ1n) is 11.6. The second-order valence-electron chi connectivity index (χ2n) is 8.99. The van der Waals surface area contributed by atoms with Gasteiger partial charge in [0.05, 0.1) is 22.2 Å². The third kappa shape index (κ3) is 5.08. The normalized spacial score (nSPS) is 17.9. The molecule has 1 fully saturated rings. The molecular formula is C25H29N3O6S. The van der Waals surface area contributed by atoms with Crippen molar-refractivity contribution in [2.24, 2.45) is 5.92 Å². The minimum Gasteiger partial charge on any atom is -0.452 e. The number of para-hydroxylation sites is 2. The molecule has 0 bridgehead atoms. The van der Waals surface area contributed by atoms with E-state index in [1.807, 2.05) is 13.8 Å². The minimum atomic E-state index is -3.65. The van der Waals surface area contributed by atoms with Gasteiger partial charge in [-0.3, -0.25) is 19.3 Å². The largest absolute Gasteiger partial charge is 0.452 e. The second kappa shape index (κ2) is 9.79. The minimum absolute atomic E-state index is 0.160. The molecule has 1 atom stereocenters. The zero-order valence-corrected chi connectivity index (χ0v) is 20.8. The van der Waals surface area contributed by atoms with Crippen LogP contribution in [0.5, 0.6) is 0 Å². The maximum absolute atomic E-state index is 13.0. The number of sulfonamides is 1. The van der Waals surface area contributed by atoms with Crippen molar-refractivity contribution >= 4 is 39.2 Å². The van der Waals surface area contributed by atoms with Crippen LogP contribution in [-0.2, 0) is 29.1 Å². The van der Waals surface area contributed by atoms with Gasteiger partial charge in [0.1, 0.15) is 6.54 Å². The van der Waals surface area contributed by atoms with Crippen molar-refractivity contribution in [2.45, 2.75) is 44.6 Å². The van der Waals surface area contributed by atoms with E-state index in [-0.39, 0.29) is 30.4 Å². The lowest BCUT2D eigenvalue weighted by atomic mass is 9.98. The van der Waals surface area contributed by atoms with Crippen molar-refractivity contribution in [1.29, 1.82) is 0 Å². The van der Waals surface area contributed by atoms with Gasteiger partial charge in [-0.05, 0) is 69.0 Å². The van der Waals surface area contributed by atoms with E-state index in [0.29, 0.717) is 24.2 Å². The van der Waals surface area contributed by atoms with Crippen molar-refractivity contribution in [1.82, 2.24) is 4.31 Å². The number of amides is 2. The number of anilines is 2. The Morgan fingerprint density at radius 3 is 2.43 bits per heavy atom. The summed E-state index contributed by atoms with van der Waals surface area (Å²) in [7, 11) is -3.65. The Kier molecular flexibility index (Phi) is 6.95. The SMILES string of the molecule is Cc1ccc(S(=O)(=O)N2CCC(C(=O)O[C@@H](C)C(=O)N3CC(=O)Nc4ccccc43)CC2)cc1C. The molecule has 2 amide bonds. The monoisotopic (exact) mass is 499 g/mol. The summed E-state index contributed by atoms with van der Waals surface area (Å²) in [6.45, 7) is 5.50. The third-order valence-corrected chi connectivity index (χ3v) is 8.48. The predicted octanol–water partition coefficient (Wildman–Crippen LogP) is 2.62. The van der Waals surface area contributed by atoms with Gasteiger partial charge in [0, 0.05) is 13.1 Å². The molecule has 2 aliphatic rings. The molecule has 2 aromatic carbocycles. The van der Waals surface area contributed by atoms with Crippen molar-refractivity contribution < 1.29 is 27.5 Å². The Morgan fingerprint density at radius 2 is 1.74 bits per heavy atom. The number of benzene rings is 2. The molecule has 1 saturated heterocycles. The first kappa shape index (κ1) is 24.9. The van der Waals surface area contributed by atoms with Crippen LogP contribution in [0.15, 0.2) is 47.4 Å². The highest BCUT2D eigenvalue weighted by Crippen LogP contribution is 2.30. The Balaban J connectivity index is 1.36. The molecule has 0 unspecified atom stereocenters. The van der Waals surface area contributed by atoms with Crippen molar-refractivity contribution in [3.63, 3.8) is 0 Å². The second-order valence-corrected chi connectivity index (χ2v) is 10.9. The van der Waals surface area contributed by atoms with Crippen molar-refractivity contribution in [3.05, 3.63) is 53.6 Å². The Hall–Kier alpha value is -3.24. The molecule has 1 N–H and O–H groups in total. The maximum Gasteiger partial charge on any atom is 0.309 e. The highest BCUT2D eigenvalue weighted by atomic mass is 32.2. The van der Waals surface area contributed by atoms with Crippen LogP contribution in [0.2, 0.25) is 0 Å². The van der Waals surface area contributed by atoms with Crippen LogP contribution in [-0.4, -0.2) is 56.2 Å². The van der Waals surface area contributed by atoms with E-state index in [9.17, 15) is 22.8 Å². The van der Waals surface area contributed by atoms with E-state index < -0.39 is 33.9 Å². The number of hydrogen-bond acceptors (Lipinski definition) is 6. The topological polar surface area (TPSA) is 113 Å². The van der Waals surface area contributed by atoms with Crippen LogP contribution in [0.3, 0.4) is 0 Å². The van der Waals surface area contributed by atoms with E-state index >= 15 is 0 Å². The first-order valence-corrected chi connectivity index (χ1v) is 13.0. The lowest BCUT2D eigenvalue weighted by Crippen LogP contribution is -2.47. The fourth-order valence-electron chi connectivity index (χ4n) is 4.33. The average molecular weight is 500 g/mol. The molecule has 0 radical (unpaired) electrons. The number of hydrogen-bond donors (Lipinski definition) is 1. The van der Waals surface area contributed by atoms with Crippen LogP contribution in [0, 0.1) is 19.8 Å².